The van der Waals surface area contributed by atoms with Gasteiger partial charge in [-0.2, -0.15) is 0 Å². The maximum atomic E-state index is 6.09. The average Bonchev–Trinajstić information content (AvgIpc) is 2.85. The molecule has 1 aromatic carbocycles. The molecule has 0 atom stereocenters. The van der Waals surface area contributed by atoms with Gasteiger partial charge in [0.15, 0.2) is 0 Å². The summed E-state index contributed by atoms with van der Waals surface area (Å²) in [6.07, 6.45) is 23.0. The highest BCUT2D eigenvalue weighted by Crippen LogP contribution is 2.32. The van der Waals surface area contributed by atoms with Gasteiger partial charge >= 0.3 is 0 Å². The van der Waals surface area contributed by atoms with Crippen molar-refractivity contribution in [2.24, 2.45) is 23.7 Å². The largest absolute Gasteiger partial charge is 0.493 e. The summed E-state index contributed by atoms with van der Waals surface area (Å²) in [4.78, 5) is 0. The summed E-state index contributed by atoms with van der Waals surface area (Å²) in [6, 6.07) is 8.74. The lowest BCUT2D eigenvalue weighted by Gasteiger charge is -2.26. The van der Waals surface area contributed by atoms with Crippen LogP contribution in [0.4, 0.5) is 0 Å². The van der Waals surface area contributed by atoms with Crippen LogP contribution in [0, 0.1) is 35.5 Å². The van der Waals surface area contributed by atoms with Gasteiger partial charge in [-0.25, -0.2) is 0 Å². The highest BCUT2D eigenvalue weighted by Gasteiger charge is 2.21. The number of benzene rings is 1. The minimum atomic E-state index is 0.582. The molecule has 0 aromatic heterocycles. The lowest BCUT2D eigenvalue weighted by molar-refractivity contribution is 0.196. The van der Waals surface area contributed by atoms with E-state index in [-0.39, 0.29) is 0 Å². The van der Waals surface area contributed by atoms with Crippen molar-refractivity contribution in [3.05, 3.63) is 42.0 Å². The zero-order valence-electron chi connectivity index (χ0n) is 20.8. The van der Waals surface area contributed by atoms with Gasteiger partial charge in [-0.05, 0) is 106 Å². The van der Waals surface area contributed by atoms with Crippen molar-refractivity contribution in [1.29, 1.82) is 0 Å². The number of hydrogen-bond donors (Lipinski definition) is 0. The van der Waals surface area contributed by atoms with Gasteiger partial charge < -0.3 is 4.74 Å². The molecule has 0 unspecified atom stereocenters. The van der Waals surface area contributed by atoms with E-state index < -0.39 is 0 Å². The predicted molar refractivity (Wildman–Crippen MR) is 138 cm³/mol. The van der Waals surface area contributed by atoms with Gasteiger partial charge in [-0.15, -0.1) is 0 Å². The van der Waals surface area contributed by atoms with Crippen molar-refractivity contribution in [2.45, 2.75) is 104 Å². The molecule has 32 heavy (non-hydrogen) atoms. The Morgan fingerprint density at radius 2 is 1.53 bits per heavy atom. The summed E-state index contributed by atoms with van der Waals surface area (Å²) >= 11 is 0. The number of hydrogen-bond acceptors (Lipinski definition) is 1. The van der Waals surface area contributed by atoms with Crippen molar-refractivity contribution in [3.63, 3.8) is 0 Å². The molecular formula is C31H46O. The number of rotatable bonds is 10. The van der Waals surface area contributed by atoms with Gasteiger partial charge in [0.2, 0.25) is 0 Å². The Balaban J connectivity index is 1.29. The van der Waals surface area contributed by atoms with Gasteiger partial charge in [0.05, 0.1) is 6.61 Å². The Morgan fingerprint density at radius 1 is 0.844 bits per heavy atom. The third kappa shape index (κ3) is 9.05. The summed E-state index contributed by atoms with van der Waals surface area (Å²) in [5.41, 5.74) is 1.42. The zero-order valence-corrected chi connectivity index (χ0v) is 20.8. The first-order valence-electron chi connectivity index (χ1n) is 13.7. The SMILES string of the molecule is CCCCc1ccc(OCC2CCC(C#C/C=C/C3CCC(CCCC)CC3)CC2)cc1. The molecule has 1 aromatic rings. The second kappa shape index (κ2) is 14.5. The van der Waals surface area contributed by atoms with Crippen LogP contribution in [-0.2, 0) is 6.42 Å². The fourth-order valence-corrected chi connectivity index (χ4v) is 5.33. The van der Waals surface area contributed by atoms with E-state index in [0.29, 0.717) is 11.8 Å². The molecule has 2 fully saturated rings. The second-order valence-corrected chi connectivity index (χ2v) is 10.3. The maximum absolute atomic E-state index is 6.09. The number of unbranched alkanes of at least 4 members (excludes halogenated alkanes) is 2. The lowest BCUT2D eigenvalue weighted by atomic mass is 9.80. The van der Waals surface area contributed by atoms with Crippen molar-refractivity contribution in [3.8, 4) is 17.6 Å². The van der Waals surface area contributed by atoms with Crippen molar-refractivity contribution < 1.29 is 4.74 Å². The maximum Gasteiger partial charge on any atom is 0.119 e. The van der Waals surface area contributed by atoms with Crippen LogP contribution < -0.4 is 4.74 Å². The Hall–Kier alpha value is -1.68. The third-order valence-corrected chi connectivity index (χ3v) is 7.67. The molecule has 0 bridgehead atoms. The number of ether oxygens (including phenoxy) is 1. The Labute approximate surface area is 198 Å². The standard InChI is InChI=1S/C31H46O/c1-3-5-9-26-13-15-28(16-14-26)11-7-8-12-29-17-19-30(20-18-29)25-32-31-23-21-27(22-24-31)10-6-4-2/h7,11,21-24,26,28-30H,3-6,9-10,13-20,25H2,1-2H3/b11-7+. The van der Waals surface area contributed by atoms with Crippen LogP contribution in [-0.4, -0.2) is 6.61 Å². The van der Waals surface area contributed by atoms with E-state index in [4.69, 9.17) is 4.74 Å². The van der Waals surface area contributed by atoms with Crippen LogP contribution >= 0.6 is 0 Å². The monoisotopic (exact) mass is 434 g/mol. The van der Waals surface area contributed by atoms with E-state index in [9.17, 15) is 0 Å². The molecule has 0 heterocycles. The average molecular weight is 435 g/mol. The molecule has 2 aliphatic rings. The summed E-state index contributed by atoms with van der Waals surface area (Å²) in [7, 11) is 0. The van der Waals surface area contributed by atoms with Gasteiger partial charge in [-0.3, -0.25) is 0 Å². The van der Waals surface area contributed by atoms with Crippen molar-refractivity contribution in [2.75, 3.05) is 6.61 Å². The molecule has 3 rings (SSSR count). The molecule has 0 N–H and O–H groups in total. The summed E-state index contributed by atoms with van der Waals surface area (Å²) in [5, 5.41) is 0. The Morgan fingerprint density at radius 3 is 2.22 bits per heavy atom. The minimum absolute atomic E-state index is 0.582. The van der Waals surface area contributed by atoms with Crippen LogP contribution in [0.15, 0.2) is 36.4 Å². The summed E-state index contributed by atoms with van der Waals surface area (Å²) in [5.74, 6) is 11.0. The highest BCUT2D eigenvalue weighted by molar-refractivity contribution is 5.27. The first-order valence-corrected chi connectivity index (χ1v) is 13.7. The van der Waals surface area contributed by atoms with Gasteiger partial charge in [-0.1, -0.05) is 69.6 Å². The quantitative estimate of drug-likeness (QED) is 0.334. The highest BCUT2D eigenvalue weighted by atomic mass is 16.5. The Kier molecular flexibility index (Phi) is 11.3. The lowest BCUT2D eigenvalue weighted by Crippen LogP contribution is -2.19. The topological polar surface area (TPSA) is 9.23 Å². The van der Waals surface area contributed by atoms with Crippen molar-refractivity contribution >= 4 is 0 Å². The fraction of sp³-hybridized carbons (Fsp3) is 0.677. The molecule has 0 aliphatic heterocycles. The first-order chi connectivity index (χ1) is 15.8. The number of allylic oxidation sites excluding steroid dienone is 2. The fourth-order valence-electron chi connectivity index (χ4n) is 5.33. The first kappa shape index (κ1) is 25.0. The second-order valence-electron chi connectivity index (χ2n) is 10.3. The number of aryl methyl sites for hydroxylation is 1. The summed E-state index contributed by atoms with van der Waals surface area (Å²) < 4.78 is 6.09. The van der Waals surface area contributed by atoms with E-state index >= 15 is 0 Å². The molecule has 0 amide bonds. The zero-order chi connectivity index (χ0) is 22.4. The van der Waals surface area contributed by atoms with E-state index in [1.165, 1.54) is 95.5 Å². The molecule has 1 heteroatoms. The van der Waals surface area contributed by atoms with Crippen LogP contribution in [0.3, 0.4) is 0 Å². The molecule has 176 valence electrons. The Bertz CT molecular complexity index is 703. The predicted octanol–water partition coefficient (Wildman–Crippen LogP) is 8.77. The van der Waals surface area contributed by atoms with E-state index in [1.54, 1.807) is 0 Å². The summed E-state index contributed by atoms with van der Waals surface area (Å²) in [6.45, 7) is 5.41. The van der Waals surface area contributed by atoms with Crippen LogP contribution in [0.25, 0.3) is 0 Å². The molecule has 2 saturated carbocycles. The molecule has 0 radical (unpaired) electrons. The molecule has 1 nitrogen and oxygen atoms in total. The molecule has 0 saturated heterocycles. The minimum Gasteiger partial charge on any atom is -0.493 e. The van der Waals surface area contributed by atoms with Crippen LogP contribution in [0.5, 0.6) is 5.75 Å². The van der Waals surface area contributed by atoms with Gasteiger partial charge in [0, 0.05) is 5.92 Å². The molecule has 2 aliphatic carbocycles. The van der Waals surface area contributed by atoms with E-state index in [2.05, 4.69) is 62.1 Å². The molecule has 0 spiro atoms. The van der Waals surface area contributed by atoms with Crippen LogP contribution in [0.1, 0.15) is 103 Å². The van der Waals surface area contributed by atoms with E-state index in [0.717, 1.165) is 24.2 Å². The third-order valence-electron chi connectivity index (χ3n) is 7.67. The smallest absolute Gasteiger partial charge is 0.119 e. The van der Waals surface area contributed by atoms with Crippen molar-refractivity contribution in [1.82, 2.24) is 0 Å². The van der Waals surface area contributed by atoms with Crippen LogP contribution in [0.2, 0.25) is 0 Å². The van der Waals surface area contributed by atoms with Gasteiger partial charge in [0.1, 0.15) is 5.75 Å². The normalized spacial score (nSPS) is 25.9. The van der Waals surface area contributed by atoms with Gasteiger partial charge in [0.25, 0.3) is 0 Å². The van der Waals surface area contributed by atoms with E-state index in [1.807, 2.05) is 0 Å². The molecular weight excluding hydrogens is 388 g/mol.